The van der Waals surface area contributed by atoms with Crippen LogP contribution in [0.15, 0.2) is 16.6 Å². The quantitative estimate of drug-likeness (QED) is 0.906. The lowest BCUT2D eigenvalue weighted by atomic mass is 10.00. The standard InChI is InChI=1S/C13H15BrO4/c1-7(13(15)16)10-5-8(14)6-11(17-2)12(10)18-9-3-4-9/h5-7,9H,3-4H2,1-2H3,(H,15,16). The summed E-state index contributed by atoms with van der Waals surface area (Å²) >= 11 is 3.36. The van der Waals surface area contributed by atoms with Crippen molar-refractivity contribution in [2.45, 2.75) is 31.8 Å². The summed E-state index contributed by atoms with van der Waals surface area (Å²) in [5, 5.41) is 9.15. The van der Waals surface area contributed by atoms with Gasteiger partial charge >= 0.3 is 5.97 Å². The van der Waals surface area contributed by atoms with Crippen molar-refractivity contribution < 1.29 is 19.4 Å². The molecule has 1 fully saturated rings. The van der Waals surface area contributed by atoms with Gasteiger partial charge in [-0.1, -0.05) is 15.9 Å². The Labute approximate surface area is 114 Å². The number of methoxy groups -OCH3 is 1. The predicted molar refractivity (Wildman–Crippen MR) is 70.4 cm³/mol. The zero-order chi connectivity index (χ0) is 13.3. The van der Waals surface area contributed by atoms with E-state index in [2.05, 4.69) is 15.9 Å². The van der Waals surface area contributed by atoms with Gasteiger partial charge in [0.1, 0.15) is 0 Å². The van der Waals surface area contributed by atoms with E-state index in [0.717, 1.165) is 17.3 Å². The lowest BCUT2D eigenvalue weighted by Crippen LogP contribution is -2.11. The molecule has 0 aliphatic heterocycles. The Morgan fingerprint density at radius 1 is 1.50 bits per heavy atom. The van der Waals surface area contributed by atoms with Crippen molar-refractivity contribution in [1.29, 1.82) is 0 Å². The lowest BCUT2D eigenvalue weighted by molar-refractivity contribution is -0.138. The third kappa shape index (κ3) is 2.77. The zero-order valence-corrected chi connectivity index (χ0v) is 11.9. The molecule has 2 rings (SSSR count). The van der Waals surface area contributed by atoms with Crippen LogP contribution < -0.4 is 9.47 Å². The molecule has 5 heteroatoms. The van der Waals surface area contributed by atoms with Crippen LogP contribution in [-0.4, -0.2) is 24.3 Å². The molecule has 1 saturated carbocycles. The van der Waals surface area contributed by atoms with Crippen molar-refractivity contribution in [2.24, 2.45) is 0 Å². The molecule has 0 bridgehead atoms. The van der Waals surface area contributed by atoms with Crippen LogP contribution >= 0.6 is 15.9 Å². The molecule has 1 N–H and O–H groups in total. The van der Waals surface area contributed by atoms with Gasteiger partial charge in [0.15, 0.2) is 11.5 Å². The Morgan fingerprint density at radius 3 is 2.67 bits per heavy atom. The van der Waals surface area contributed by atoms with Crippen LogP contribution in [0, 0.1) is 0 Å². The molecule has 1 atom stereocenters. The first-order chi connectivity index (χ1) is 8.52. The Hall–Kier alpha value is -1.23. The first kappa shape index (κ1) is 13.2. The minimum Gasteiger partial charge on any atom is -0.493 e. The average Bonchev–Trinajstić information content (AvgIpc) is 3.13. The highest BCUT2D eigenvalue weighted by atomic mass is 79.9. The summed E-state index contributed by atoms with van der Waals surface area (Å²) < 4.78 is 11.9. The molecule has 1 aromatic carbocycles. The van der Waals surface area contributed by atoms with Gasteiger partial charge in [-0.15, -0.1) is 0 Å². The highest BCUT2D eigenvalue weighted by Gasteiger charge is 2.29. The van der Waals surface area contributed by atoms with Gasteiger partial charge in [-0.05, 0) is 31.9 Å². The second kappa shape index (κ2) is 5.18. The fourth-order valence-electron chi connectivity index (χ4n) is 1.67. The molecule has 0 saturated heterocycles. The SMILES string of the molecule is COc1cc(Br)cc(C(C)C(=O)O)c1OC1CC1. The van der Waals surface area contributed by atoms with Crippen molar-refractivity contribution in [3.8, 4) is 11.5 Å². The highest BCUT2D eigenvalue weighted by Crippen LogP contribution is 2.41. The third-order valence-electron chi connectivity index (χ3n) is 2.91. The fourth-order valence-corrected chi connectivity index (χ4v) is 2.13. The molecule has 0 aromatic heterocycles. The number of benzene rings is 1. The Bertz CT molecular complexity index is 468. The second-order valence-electron chi connectivity index (χ2n) is 4.40. The minimum atomic E-state index is -0.879. The summed E-state index contributed by atoms with van der Waals surface area (Å²) in [4.78, 5) is 11.2. The summed E-state index contributed by atoms with van der Waals surface area (Å²) in [6.45, 7) is 1.64. The molecule has 0 radical (unpaired) electrons. The van der Waals surface area contributed by atoms with E-state index in [0.29, 0.717) is 17.1 Å². The largest absolute Gasteiger partial charge is 0.493 e. The molecule has 1 aromatic rings. The Morgan fingerprint density at radius 2 is 2.17 bits per heavy atom. The van der Waals surface area contributed by atoms with E-state index in [1.165, 1.54) is 0 Å². The summed E-state index contributed by atoms with van der Waals surface area (Å²) in [6.07, 6.45) is 2.22. The molecule has 0 amide bonds. The van der Waals surface area contributed by atoms with Gasteiger partial charge in [0, 0.05) is 10.0 Å². The Balaban J connectivity index is 2.45. The smallest absolute Gasteiger partial charge is 0.310 e. The van der Waals surface area contributed by atoms with Crippen molar-refractivity contribution in [2.75, 3.05) is 7.11 Å². The lowest BCUT2D eigenvalue weighted by Gasteiger charge is -2.17. The monoisotopic (exact) mass is 314 g/mol. The molecule has 1 aliphatic rings. The summed E-state index contributed by atoms with van der Waals surface area (Å²) in [5.74, 6) is -0.390. The number of carboxylic acid groups (broad SMARTS) is 1. The molecule has 0 heterocycles. The molecule has 0 spiro atoms. The van der Waals surface area contributed by atoms with Crippen molar-refractivity contribution >= 4 is 21.9 Å². The molecule has 4 nitrogen and oxygen atoms in total. The molecule has 1 unspecified atom stereocenters. The van der Waals surface area contributed by atoms with Gasteiger partial charge < -0.3 is 14.6 Å². The van der Waals surface area contributed by atoms with E-state index in [4.69, 9.17) is 14.6 Å². The Kier molecular flexibility index (Phi) is 3.80. The van der Waals surface area contributed by atoms with E-state index in [1.807, 2.05) is 0 Å². The first-order valence-corrected chi connectivity index (χ1v) is 6.59. The number of ether oxygens (including phenoxy) is 2. The number of aliphatic carboxylic acids is 1. The van der Waals surface area contributed by atoms with Crippen molar-refractivity contribution in [3.63, 3.8) is 0 Å². The highest BCUT2D eigenvalue weighted by molar-refractivity contribution is 9.10. The van der Waals surface area contributed by atoms with Crippen LogP contribution in [0.4, 0.5) is 0 Å². The molecule has 1 aliphatic carbocycles. The van der Waals surface area contributed by atoms with E-state index in [9.17, 15) is 4.79 Å². The molecular weight excluding hydrogens is 300 g/mol. The van der Waals surface area contributed by atoms with Gasteiger partial charge in [0.05, 0.1) is 19.1 Å². The van der Waals surface area contributed by atoms with Gasteiger partial charge in [-0.2, -0.15) is 0 Å². The molecule has 98 valence electrons. The number of carboxylic acids is 1. The van der Waals surface area contributed by atoms with Crippen LogP contribution in [0.1, 0.15) is 31.2 Å². The van der Waals surface area contributed by atoms with Gasteiger partial charge in [-0.25, -0.2) is 0 Å². The fraction of sp³-hybridized carbons (Fsp3) is 0.462. The minimum absolute atomic E-state index is 0.194. The number of rotatable bonds is 5. The first-order valence-electron chi connectivity index (χ1n) is 5.79. The maximum atomic E-state index is 11.2. The third-order valence-corrected chi connectivity index (χ3v) is 3.37. The number of hydrogen-bond acceptors (Lipinski definition) is 3. The molecule has 18 heavy (non-hydrogen) atoms. The average molecular weight is 315 g/mol. The molecular formula is C13H15BrO4. The van der Waals surface area contributed by atoms with Crippen LogP contribution in [0.3, 0.4) is 0 Å². The number of carbonyl (C=O) groups is 1. The van der Waals surface area contributed by atoms with E-state index in [1.54, 1.807) is 26.2 Å². The summed E-state index contributed by atoms with van der Waals surface area (Å²) in [7, 11) is 1.55. The second-order valence-corrected chi connectivity index (χ2v) is 5.32. The van der Waals surface area contributed by atoms with Crippen LogP contribution in [0.25, 0.3) is 0 Å². The van der Waals surface area contributed by atoms with Crippen molar-refractivity contribution in [3.05, 3.63) is 22.2 Å². The number of halogens is 1. The van der Waals surface area contributed by atoms with Crippen LogP contribution in [0.5, 0.6) is 11.5 Å². The van der Waals surface area contributed by atoms with E-state index in [-0.39, 0.29) is 6.10 Å². The zero-order valence-electron chi connectivity index (χ0n) is 10.3. The van der Waals surface area contributed by atoms with Crippen LogP contribution in [-0.2, 0) is 4.79 Å². The summed E-state index contributed by atoms with van der Waals surface area (Å²) in [5.41, 5.74) is 0.639. The van der Waals surface area contributed by atoms with Gasteiger partial charge in [-0.3, -0.25) is 4.79 Å². The van der Waals surface area contributed by atoms with Gasteiger partial charge in [0.2, 0.25) is 0 Å². The number of hydrogen-bond donors (Lipinski definition) is 1. The predicted octanol–water partition coefficient (Wildman–Crippen LogP) is 3.19. The normalized spacial score (nSPS) is 16.2. The maximum absolute atomic E-state index is 11.2. The van der Waals surface area contributed by atoms with Crippen LogP contribution in [0.2, 0.25) is 0 Å². The maximum Gasteiger partial charge on any atom is 0.310 e. The summed E-state index contributed by atoms with van der Waals surface area (Å²) in [6, 6.07) is 3.56. The topological polar surface area (TPSA) is 55.8 Å². The van der Waals surface area contributed by atoms with E-state index >= 15 is 0 Å². The van der Waals surface area contributed by atoms with Crippen molar-refractivity contribution in [1.82, 2.24) is 0 Å². The van der Waals surface area contributed by atoms with E-state index < -0.39 is 11.9 Å². The van der Waals surface area contributed by atoms with Gasteiger partial charge in [0.25, 0.3) is 0 Å².